The van der Waals surface area contributed by atoms with E-state index in [0.29, 0.717) is 22.9 Å². The average Bonchev–Trinajstić information content (AvgIpc) is 3.46. The van der Waals surface area contributed by atoms with Gasteiger partial charge in [-0.3, -0.25) is 14.4 Å². The van der Waals surface area contributed by atoms with Crippen LogP contribution in [0.5, 0.6) is 11.5 Å². The van der Waals surface area contributed by atoms with E-state index in [1.165, 1.54) is 30.9 Å². The molecule has 2 heterocycles. The van der Waals surface area contributed by atoms with Crippen molar-refractivity contribution in [2.45, 2.75) is 16.6 Å². The Hall–Kier alpha value is -4.24. The number of aromatic nitrogens is 1. The summed E-state index contributed by atoms with van der Waals surface area (Å²) < 4.78 is 10.7. The van der Waals surface area contributed by atoms with E-state index in [1.54, 1.807) is 48.5 Å². The van der Waals surface area contributed by atoms with Gasteiger partial charge in [0.1, 0.15) is 17.1 Å². The zero-order chi connectivity index (χ0) is 25.2. The number of aromatic amines is 1. The molecule has 4 aromatic rings. The van der Waals surface area contributed by atoms with Crippen molar-refractivity contribution >= 4 is 51.8 Å². The van der Waals surface area contributed by atoms with Crippen LogP contribution >= 0.6 is 11.8 Å². The van der Waals surface area contributed by atoms with Gasteiger partial charge in [0, 0.05) is 28.7 Å². The maximum absolute atomic E-state index is 13.2. The number of carbonyl (C=O) groups excluding carboxylic acids is 3. The van der Waals surface area contributed by atoms with Crippen LogP contribution < -0.4 is 19.7 Å². The highest BCUT2D eigenvalue weighted by Crippen LogP contribution is 2.36. The second kappa shape index (κ2) is 9.79. The molecule has 1 fully saturated rings. The number of fused-ring (bicyclic) bond motifs is 1. The third-order valence-corrected chi connectivity index (χ3v) is 7.11. The maximum atomic E-state index is 13.2. The number of hydrogen-bond donors (Lipinski definition) is 2. The van der Waals surface area contributed by atoms with Gasteiger partial charge in [-0.05, 0) is 53.9 Å². The van der Waals surface area contributed by atoms with E-state index in [1.807, 2.05) is 24.4 Å². The van der Waals surface area contributed by atoms with E-state index in [2.05, 4.69) is 10.3 Å². The molecule has 9 heteroatoms. The number of H-pyrrole nitrogens is 1. The lowest BCUT2D eigenvalue weighted by atomic mass is 10.1. The lowest BCUT2D eigenvalue weighted by Gasteiger charge is -2.15. The smallest absolute Gasteiger partial charge is 0.263 e. The quantitative estimate of drug-likeness (QED) is 0.351. The van der Waals surface area contributed by atoms with Gasteiger partial charge < -0.3 is 19.8 Å². The summed E-state index contributed by atoms with van der Waals surface area (Å²) in [6.07, 6.45) is 1.91. The van der Waals surface area contributed by atoms with Crippen molar-refractivity contribution in [3.63, 3.8) is 0 Å². The van der Waals surface area contributed by atoms with Gasteiger partial charge in [0.2, 0.25) is 11.8 Å². The number of carbonyl (C=O) groups is 3. The molecule has 0 aliphatic carbocycles. The molecule has 1 unspecified atom stereocenters. The standard InChI is InChI=1S/C27H23N3O5S/c1-34-21-7-4-8-22(35-2)25(21)26(32)29-17-5-3-6-19(13-17)36-23-15-24(31)30(27(23)33)18-10-9-16-11-12-28-20(16)14-18/h3-14,23,28H,15H2,1-2H3,(H,29,32). The third kappa shape index (κ3) is 4.40. The molecule has 5 rings (SSSR count). The molecule has 2 N–H and O–H groups in total. The Morgan fingerprint density at radius 1 is 1.00 bits per heavy atom. The molecule has 1 aliphatic rings. The van der Waals surface area contributed by atoms with Crippen LogP contribution in [-0.4, -0.2) is 42.2 Å². The molecule has 3 amide bonds. The van der Waals surface area contributed by atoms with Crippen LogP contribution in [0.25, 0.3) is 10.9 Å². The second-order valence-corrected chi connectivity index (χ2v) is 9.42. The minimum atomic E-state index is -0.558. The zero-order valence-corrected chi connectivity index (χ0v) is 20.4. The molecule has 8 nitrogen and oxygen atoms in total. The number of rotatable bonds is 7. The van der Waals surface area contributed by atoms with Crippen molar-refractivity contribution < 1.29 is 23.9 Å². The first-order chi connectivity index (χ1) is 17.5. The van der Waals surface area contributed by atoms with Crippen LogP contribution in [0.3, 0.4) is 0 Å². The summed E-state index contributed by atoms with van der Waals surface area (Å²) in [4.78, 5) is 44.0. The van der Waals surface area contributed by atoms with Crippen LogP contribution in [-0.2, 0) is 9.59 Å². The van der Waals surface area contributed by atoms with E-state index >= 15 is 0 Å². The Bertz CT molecular complexity index is 1460. The number of hydrogen-bond acceptors (Lipinski definition) is 6. The number of methoxy groups -OCH3 is 2. The number of nitrogens with one attached hydrogen (secondary N) is 2. The van der Waals surface area contributed by atoms with Crippen LogP contribution in [0.4, 0.5) is 11.4 Å². The average molecular weight is 502 g/mol. The van der Waals surface area contributed by atoms with Crippen molar-refractivity contribution in [3.8, 4) is 11.5 Å². The maximum Gasteiger partial charge on any atom is 0.263 e. The Kier molecular flexibility index (Phi) is 6.39. The molecule has 182 valence electrons. The van der Waals surface area contributed by atoms with Gasteiger partial charge >= 0.3 is 0 Å². The molecule has 0 spiro atoms. The van der Waals surface area contributed by atoms with Crippen molar-refractivity contribution in [1.82, 2.24) is 4.98 Å². The molecular weight excluding hydrogens is 478 g/mol. The Morgan fingerprint density at radius 3 is 2.50 bits per heavy atom. The predicted octanol–water partition coefficient (Wildman–Crippen LogP) is 4.86. The summed E-state index contributed by atoms with van der Waals surface area (Å²) in [6.45, 7) is 0. The number of imide groups is 1. The minimum Gasteiger partial charge on any atom is -0.496 e. The SMILES string of the molecule is COc1cccc(OC)c1C(=O)Nc1cccc(SC2CC(=O)N(c3ccc4cc[nH]c4c3)C2=O)c1. The van der Waals surface area contributed by atoms with Gasteiger partial charge in [-0.25, -0.2) is 4.90 Å². The Morgan fingerprint density at radius 2 is 1.75 bits per heavy atom. The summed E-state index contributed by atoms with van der Waals surface area (Å²) >= 11 is 1.30. The van der Waals surface area contributed by atoms with Crippen LogP contribution in [0.15, 0.2) is 77.8 Å². The largest absolute Gasteiger partial charge is 0.496 e. The number of thioether (sulfide) groups is 1. The summed E-state index contributed by atoms with van der Waals surface area (Å²) in [5, 5.41) is 3.31. The highest BCUT2D eigenvalue weighted by atomic mass is 32.2. The third-order valence-electron chi connectivity index (χ3n) is 5.93. The number of benzene rings is 3. The molecule has 0 radical (unpaired) electrons. The number of ether oxygens (including phenoxy) is 2. The fourth-order valence-corrected chi connectivity index (χ4v) is 5.34. The fraction of sp³-hybridized carbons (Fsp3) is 0.148. The van der Waals surface area contributed by atoms with Gasteiger partial charge in [-0.2, -0.15) is 0 Å². The number of amides is 3. The predicted molar refractivity (Wildman–Crippen MR) is 139 cm³/mol. The van der Waals surface area contributed by atoms with E-state index in [4.69, 9.17) is 9.47 Å². The highest BCUT2D eigenvalue weighted by molar-refractivity contribution is 8.00. The highest BCUT2D eigenvalue weighted by Gasteiger charge is 2.40. The lowest BCUT2D eigenvalue weighted by molar-refractivity contribution is -0.121. The van der Waals surface area contributed by atoms with Gasteiger partial charge in [0.15, 0.2) is 0 Å². The van der Waals surface area contributed by atoms with Crippen molar-refractivity contribution in [3.05, 3.63) is 78.5 Å². The summed E-state index contributed by atoms with van der Waals surface area (Å²) in [5.41, 5.74) is 2.24. The van der Waals surface area contributed by atoms with Crippen LogP contribution in [0, 0.1) is 0 Å². The van der Waals surface area contributed by atoms with E-state index in [9.17, 15) is 14.4 Å². The van der Waals surface area contributed by atoms with Crippen molar-refractivity contribution in [2.24, 2.45) is 0 Å². The molecule has 1 saturated heterocycles. The van der Waals surface area contributed by atoms with E-state index < -0.39 is 5.25 Å². The number of anilines is 2. The van der Waals surface area contributed by atoms with Crippen LogP contribution in [0.1, 0.15) is 16.8 Å². The normalized spacial score (nSPS) is 15.4. The minimum absolute atomic E-state index is 0.0985. The molecule has 1 atom stereocenters. The van der Waals surface area contributed by atoms with Gasteiger partial charge in [0.05, 0.1) is 25.2 Å². The summed E-state index contributed by atoms with van der Waals surface area (Å²) in [6, 6.07) is 19.7. The second-order valence-electron chi connectivity index (χ2n) is 8.15. The fourth-order valence-electron chi connectivity index (χ4n) is 4.22. The van der Waals surface area contributed by atoms with Gasteiger partial charge in [0.25, 0.3) is 5.91 Å². The van der Waals surface area contributed by atoms with E-state index in [-0.39, 0.29) is 29.7 Å². The molecule has 36 heavy (non-hydrogen) atoms. The molecular formula is C27H23N3O5S. The topological polar surface area (TPSA) is 101 Å². The zero-order valence-electron chi connectivity index (χ0n) is 19.6. The molecule has 0 bridgehead atoms. The van der Waals surface area contributed by atoms with Gasteiger partial charge in [-0.15, -0.1) is 11.8 Å². The number of nitrogens with zero attached hydrogens (tertiary/aromatic N) is 1. The molecule has 0 saturated carbocycles. The molecule has 1 aromatic heterocycles. The monoisotopic (exact) mass is 501 g/mol. The van der Waals surface area contributed by atoms with Crippen LogP contribution in [0.2, 0.25) is 0 Å². The first-order valence-corrected chi connectivity index (χ1v) is 12.1. The molecule has 3 aromatic carbocycles. The van der Waals surface area contributed by atoms with Gasteiger partial charge in [-0.1, -0.05) is 18.2 Å². The lowest BCUT2D eigenvalue weighted by Crippen LogP contribution is -2.31. The first-order valence-electron chi connectivity index (χ1n) is 11.2. The summed E-state index contributed by atoms with van der Waals surface area (Å²) in [5.74, 6) is -0.0974. The van der Waals surface area contributed by atoms with Crippen molar-refractivity contribution in [2.75, 3.05) is 24.4 Å². The Labute approximate surface area is 211 Å². The summed E-state index contributed by atoms with van der Waals surface area (Å²) in [7, 11) is 2.98. The van der Waals surface area contributed by atoms with Crippen molar-refractivity contribution in [1.29, 1.82) is 0 Å². The molecule has 1 aliphatic heterocycles. The van der Waals surface area contributed by atoms with E-state index in [0.717, 1.165) is 15.8 Å². The Balaban J connectivity index is 1.32. The first kappa shape index (κ1) is 23.5.